The molecule has 0 saturated heterocycles. The fraction of sp³-hybridized carbons (Fsp3) is 0.278. The van der Waals surface area contributed by atoms with Crippen molar-refractivity contribution in [1.29, 1.82) is 0 Å². The third kappa shape index (κ3) is 4.39. The number of nitrogens with one attached hydrogen (secondary N) is 1. The number of carbonyl (C=O) groups excluding carboxylic acids is 2. The van der Waals surface area contributed by atoms with Gasteiger partial charge in [0.15, 0.2) is 0 Å². The molecule has 9 heteroatoms. The maximum absolute atomic E-state index is 12.7. The lowest BCUT2D eigenvalue weighted by molar-refractivity contribution is -0.137. The summed E-state index contributed by atoms with van der Waals surface area (Å²) in [5, 5.41) is 2.93. The van der Waals surface area contributed by atoms with E-state index < -0.39 is 29.8 Å². The Bertz CT molecular complexity index is 856. The van der Waals surface area contributed by atoms with Gasteiger partial charge in [-0.3, -0.25) is 14.6 Å². The highest BCUT2D eigenvalue weighted by Gasteiger charge is 2.32. The number of aromatic nitrogens is 1. The van der Waals surface area contributed by atoms with Gasteiger partial charge in [0.1, 0.15) is 11.9 Å². The molecular formula is C18H14ClF3N2O3. The Kier molecular flexibility index (Phi) is 5.36. The van der Waals surface area contributed by atoms with Crippen molar-refractivity contribution in [2.45, 2.75) is 31.2 Å². The fourth-order valence-electron chi connectivity index (χ4n) is 2.98. The number of halogens is 4. The van der Waals surface area contributed by atoms with Crippen LogP contribution in [-0.4, -0.2) is 17.2 Å². The number of hydrogen-bond donors (Lipinski definition) is 1. The van der Waals surface area contributed by atoms with Gasteiger partial charge >= 0.3 is 6.18 Å². The van der Waals surface area contributed by atoms with Gasteiger partial charge < -0.3 is 10.1 Å². The van der Waals surface area contributed by atoms with Crippen LogP contribution in [0.5, 0.6) is 5.75 Å². The minimum Gasteiger partial charge on any atom is -0.484 e. The van der Waals surface area contributed by atoms with Crippen LogP contribution in [0.4, 0.5) is 13.2 Å². The monoisotopic (exact) mass is 398 g/mol. The highest BCUT2D eigenvalue weighted by molar-refractivity contribution is 6.30. The SMILES string of the molecule is O=CC(=O)N[C@@H]1CC[C@H](Oc2ccc(C(F)(F)F)cc2)c2ncc(Cl)cc21. The molecule has 1 aromatic carbocycles. The van der Waals surface area contributed by atoms with Gasteiger partial charge in [0.05, 0.1) is 22.3 Å². The van der Waals surface area contributed by atoms with E-state index in [1.54, 1.807) is 6.07 Å². The Balaban J connectivity index is 1.83. The van der Waals surface area contributed by atoms with E-state index in [0.717, 1.165) is 12.1 Å². The van der Waals surface area contributed by atoms with Crippen LogP contribution < -0.4 is 10.1 Å². The van der Waals surface area contributed by atoms with Crippen LogP contribution in [-0.2, 0) is 15.8 Å². The molecule has 1 aromatic heterocycles. The van der Waals surface area contributed by atoms with Gasteiger partial charge in [0.2, 0.25) is 6.29 Å². The molecule has 27 heavy (non-hydrogen) atoms. The first-order valence-electron chi connectivity index (χ1n) is 8.03. The third-order valence-corrected chi connectivity index (χ3v) is 4.40. The predicted molar refractivity (Wildman–Crippen MR) is 90.2 cm³/mol. The number of rotatable bonds is 4. The summed E-state index contributed by atoms with van der Waals surface area (Å²) in [7, 11) is 0. The molecule has 1 aliphatic carbocycles. The predicted octanol–water partition coefficient (Wildman–Crippen LogP) is 4.02. The van der Waals surface area contributed by atoms with Crippen molar-refractivity contribution in [3.8, 4) is 5.75 Å². The van der Waals surface area contributed by atoms with Crippen molar-refractivity contribution in [3.63, 3.8) is 0 Å². The molecule has 0 radical (unpaired) electrons. The van der Waals surface area contributed by atoms with E-state index in [0.29, 0.717) is 29.1 Å². The summed E-state index contributed by atoms with van der Waals surface area (Å²) < 4.78 is 43.8. The molecule has 0 bridgehead atoms. The van der Waals surface area contributed by atoms with Crippen LogP contribution in [0, 0.1) is 0 Å². The van der Waals surface area contributed by atoms with Crippen molar-refractivity contribution in [3.05, 3.63) is 58.4 Å². The summed E-state index contributed by atoms with van der Waals surface area (Å²) in [5.41, 5.74) is 0.364. The Morgan fingerprint density at radius 2 is 1.96 bits per heavy atom. The van der Waals surface area contributed by atoms with E-state index in [4.69, 9.17) is 16.3 Å². The zero-order chi connectivity index (χ0) is 19.6. The number of ether oxygens (including phenoxy) is 1. The van der Waals surface area contributed by atoms with Crippen molar-refractivity contribution in [1.82, 2.24) is 10.3 Å². The number of amides is 1. The average Bonchev–Trinajstić information content (AvgIpc) is 2.63. The van der Waals surface area contributed by atoms with Crippen molar-refractivity contribution >= 4 is 23.8 Å². The highest BCUT2D eigenvalue weighted by Crippen LogP contribution is 2.39. The molecule has 142 valence electrons. The van der Waals surface area contributed by atoms with Crippen LogP contribution >= 0.6 is 11.6 Å². The van der Waals surface area contributed by atoms with Gasteiger partial charge in [-0.05, 0) is 43.2 Å². The molecule has 0 spiro atoms. The van der Waals surface area contributed by atoms with E-state index in [9.17, 15) is 22.8 Å². The molecular weight excluding hydrogens is 385 g/mol. The molecule has 2 atom stereocenters. The number of benzene rings is 1. The Labute approximate surface area is 157 Å². The van der Waals surface area contributed by atoms with Gasteiger partial charge in [-0.2, -0.15) is 13.2 Å². The number of alkyl halides is 3. The molecule has 0 unspecified atom stereocenters. The minimum atomic E-state index is -4.42. The van der Waals surface area contributed by atoms with Crippen LogP contribution in [0.1, 0.15) is 41.8 Å². The second-order valence-electron chi connectivity index (χ2n) is 6.01. The van der Waals surface area contributed by atoms with E-state index in [1.165, 1.54) is 18.3 Å². The maximum Gasteiger partial charge on any atom is 0.416 e. The molecule has 0 fully saturated rings. The number of nitrogens with zero attached hydrogens (tertiary/aromatic N) is 1. The van der Waals surface area contributed by atoms with Crippen LogP contribution in [0.15, 0.2) is 36.5 Å². The summed E-state index contributed by atoms with van der Waals surface area (Å²) in [5.74, 6) is -0.487. The van der Waals surface area contributed by atoms with Gasteiger partial charge in [0.25, 0.3) is 5.91 Å². The maximum atomic E-state index is 12.7. The Morgan fingerprint density at radius 1 is 1.26 bits per heavy atom. The second kappa shape index (κ2) is 7.56. The highest BCUT2D eigenvalue weighted by atomic mass is 35.5. The fourth-order valence-corrected chi connectivity index (χ4v) is 3.15. The average molecular weight is 399 g/mol. The van der Waals surface area contributed by atoms with Gasteiger partial charge in [-0.1, -0.05) is 11.6 Å². The summed E-state index contributed by atoms with van der Waals surface area (Å²) in [6.07, 6.45) is -2.42. The Hall–Kier alpha value is -2.61. The molecule has 1 amide bonds. The first kappa shape index (κ1) is 19.2. The third-order valence-electron chi connectivity index (χ3n) is 4.20. The number of carbonyl (C=O) groups is 2. The second-order valence-corrected chi connectivity index (χ2v) is 6.45. The number of aldehydes is 1. The van der Waals surface area contributed by atoms with E-state index in [-0.39, 0.29) is 12.0 Å². The lowest BCUT2D eigenvalue weighted by Crippen LogP contribution is -2.33. The van der Waals surface area contributed by atoms with Crippen molar-refractivity contribution in [2.75, 3.05) is 0 Å². The van der Waals surface area contributed by atoms with Crippen molar-refractivity contribution in [2.24, 2.45) is 0 Å². The topological polar surface area (TPSA) is 68.3 Å². The van der Waals surface area contributed by atoms with Gasteiger partial charge in [-0.25, -0.2) is 0 Å². The van der Waals surface area contributed by atoms with E-state index in [2.05, 4.69) is 10.3 Å². The summed E-state index contributed by atoms with van der Waals surface area (Å²) in [4.78, 5) is 26.3. The molecule has 3 rings (SSSR count). The molecule has 0 aliphatic heterocycles. The number of pyridine rings is 1. The smallest absolute Gasteiger partial charge is 0.416 e. The molecule has 5 nitrogen and oxygen atoms in total. The zero-order valence-corrected chi connectivity index (χ0v) is 14.6. The van der Waals surface area contributed by atoms with Gasteiger partial charge in [0, 0.05) is 11.8 Å². The summed E-state index contributed by atoms with van der Waals surface area (Å²) in [6, 6.07) is 5.57. The summed E-state index contributed by atoms with van der Waals surface area (Å²) in [6.45, 7) is 0. The van der Waals surface area contributed by atoms with E-state index in [1.807, 2.05) is 0 Å². The molecule has 1 heterocycles. The molecule has 1 N–H and O–H groups in total. The minimum absolute atomic E-state index is 0.183. The quantitative estimate of drug-likeness (QED) is 0.624. The standard InChI is InChI=1S/C18H14ClF3N2O3/c19-11-7-13-14(24-16(26)9-25)5-6-15(17(13)23-8-11)27-12-3-1-10(2-4-12)18(20,21)22/h1-4,7-9,14-15H,5-6H2,(H,24,26)/t14-,15+/m1/s1. The van der Waals surface area contributed by atoms with Crippen LogP contribution in [0.25, 0.3) is 0 Å². The van der Waals surface area contributed by atoms with Crippen LogP contribution in [0.3, 0.4) is 0 Å². The van der Waals surface area contributed by atoms with E-state index >= 15 is 0 Å². The Morgan fingerprint density at radius 3 is 2.59 bits per heavy atom. The lowest BCUT2D eigenvalue weighted by Gasteiger charge is -2.31. The van der Waals surface area contributed by atoms with Gasteiger partial charge in [-0.15, -0.1) is 0 Å². The molecule has 2 aromatic rings. The molecule has 1 aliphatic rings. The number of hydrogen-bond acceptors (Lipinski definition) is 4. The van der Waals surface area contributed by atoms with Crippen molar-refractivity contribution < 1.29 is 27.5 Å². The first-order chi connectivity index (χ1) is 12.8. The number of fused-ring (bicyclic) bond motifs is 1. The zero-order valence-electron chi connectivity index (χ0n) is 13.8. The first-order valence-corrected chi connectivity index (χ1v) is 8.40. The largest absolute Gasteiger partial charge is 0.484 e. The lowest BCUT2D eigenvalue weighted by atomic mass is 9.89. The molecule has 0 saturated carbocycles. The van der Waals surface area contributed by atoms with Crippen LogP contribution in [0.2, 0.25) is 5.02 Å². The summed E-state index contributed by atoms with van der Waals surface area (Å²) >= 11 is 5.99. The normalized spacial score (nSPS) is 19.1.